The lowest BCUT2D eigenvalue weighted by molar-refractivity contribution is -0.133. The van der Waals surface area contributed by atoms with Crippen LogP contribution in [0.15, 0.2) is 24.3 Å². The molecule has 5 nitrogen and oxygen atoms in total. The maximum Gasteiger partial charge on any atom is 0.260 e. The zero-order chi connectivity index (χ0) is 14.3. The van der Waals surface area contributed by atoms with Gasteiger partial charge in [0.25, 0.3) is 5.91 Å². The number of likely N-dealkylation sites (N-methyl/N-ethyl adjacent to an activating group) is 1. The summed E-state index contributed by atoms with van der Waals surface area (Å²) in [5, 5.41) is 0. The van der Waals surface area contributed by atoms with Gasteiger partial charge in [0.15, 0.2) is 18.1 Å². The largest absolute Gasteiger partial charge is 0.490 e. The molecular weight excluding hydrogens is 280 g/mol. The summed E-state index contributed by atoms with van der Waals surface area (Å²) in [7, 11) is 1.72. The molecule has 0 fully saturated rings. The van der Waals surface area contributed by atoms with E-state index in [9.17, 15) is 4.79 Å². The van der Waals surface area contributed by atoms with Gasteiger partial charge in [-0.1, -0.05) is 12.1 Å². The van der Waals surface area contributed by atoms with Crippen LogP contribution in [0.25, 0.3) is 0 Å². The van der Waals surface area contributed by atoms with Crippen LogP contribution in [0.2, 0.25) is 0 Å². The molecule has 1 amide bonds. The first kappa shape index (κ1) is 18.5. The van der Waals surface area contributed by atoms with E-state index < -0.39 is 0 Å². The molecule has 20 heavy (non-hydrogen) atoms. The highest BCUT2D eigenvalue weighted by Gasteiger charge is 2.15. The molecule has 1 atom stereocenters. The second kappa shape index (κ2) is 9.44. The number of amides is 1. The third-order valence-corrected chi connectivity index (χ3v) is 2.90. The minimum Gasteiger partial charge on any atom is -0.490 e. The fourth-order valence-corrected chi connectivity index (χ4v) is 1.49. The van der Waals surface area contributed by atoms with Gasteiger partial charge in [0.1, 0.15) is 0 Å². The van der Waals surface area contributed by atoms with Crippen LogP contribution >= 0.6 is 12.4 Å². The van der Waals surface area contributed by atoms with E-state index in [0.717, 1.165) is 0 Å². The van der Waals surface area contributed by atoms with Crippen LogP contribution in [0, 0.1) is 0 Å². The second-order valence-corrected chi connectivity index (χ2v) is 4.26. The van der Waals surface area contributed by atoms with Crippen molar-refractivity contribution in [3.05, 3.63) is 24.3 Å². The molecule has 0 heterocycles. The molecule has 0 saturated carbocycles. The fraction of sp³-hybridized carbons (Fsp3) is 0.500. The lowest BCUT2D eigenvalue weighted by Gasteiger charge is -2.23. The van der Waals surface area contributed by atoms with Crippen molar-refractivity contribution in [2.24, 2.45) is 5.73 Å². The zero-order valence-electron chi connectivity index (χ0n) is 12.2. The molecule has 0 spiro atoms. The monoisotopic (exact) mass is 302 g/mol. The predicted molar refractivity (Wildman–Crippen MR) is 81.6 cm³/mol. The summed E-state index contributed by atoms with van der Waals surface area (Å²) in [4.78, 5) is 13.5. The van der Waals surface area contributed by atoms with E-state index in [0.29, 0.717) is 24.7 Å². The van der Waals surface area contributed by atoms with Crippen molar-refractivity contribution in [1.82, 2.24) is 4.90 Å². The quantitative estimate of drug-likeness (QED) is 0.832. The van der Waals surface area contributed by atoms with Crippen molar-refractivity contribution in [1.29, 1.82) is 0 Å². The molecule has 0 aliphatic heterocycles. The fourth-order valence-electron chi connectivity index (χ4n) is 1.49. The Morgan fingerprint density at radius 3 is 2.35 bits per heavy atom. The summed E-state index contributed by atoms with van der Waals surface area (Å²) in [6.45, 7) is 4.76. The van der Waals surface area contributed by atoms with E-state index in [-0.39, 0.29) is 31.0 Å². The summed E-state index contributed by atoms with van der Waals surface area (Å²) < 4.78 is 10.9. The molecule has 0 radical (unpaired) electrons. The van der Waals surface area contributed by atoms with Crippen LogP contribution in [-0.2, 0) is 4.79 Å². The number of carbonyl (C=O) groups is 1. The van der Waals surface area contributed by atoms with Gasteiger partial charge in [0.2, 0.25) is 0 Å². The van der Waals surface area contributed by atoms with Crippen LogP contribution in [-0.4, -0.2) is 43.7 Å². The number of halogens is 1. The second-order valence-electron chi connectivity index (χ2n) is 4.26. The topological polar surface area (TPSA) is 64.8 Å². The SMILES string of the molecule is CCOc1ccccc1OCC(=O)N(C)C(C)CN.Cl. The Morgan fingerprint density at radius 2 is 1.85 bits per heavy atom. The number of hydrogen-bond acceptors (Lipinski definition) is 4. The third-order valence-electron chi connectivity index (χ3n) is 2.90. The van der Waals surface area contributed by atoms with E-state index in [1.54, 1.807) is 18.0 Å². The van der Waals surface area contributed by atoms with Gasteiger partial charge in [0, 0.05) is 19.6 Å². The number of carbonyl (C=O) groups excluding carboxylic acids is 1. The Labute approximate surface area is 126 Å². The standard InChI is InChI=1S/C14H22N2O3.ClH/c1-4-18-12-7-5-6-8-13(12)19-10-14(17)16(3)11(2)9-15;/h5-8,11H,4,9-10,15H2,1-3H3;1H. The summed E-state index contributed by atoms with van der Waals surface area (Å²) in [6, 6.07) is 7.30. The number of ether oxygens (including phenoxy) is 2. The van der Waals surface area contributed by atoms with Crippen LogP contribution in [0.4, 0.5) is 0 Å². The molecule has 0 saturated heterocycles. The molecule has 1 rings (SSSR count). The maximum absolute atomic E-state index is 11.9. The number of nitrogens with two attached hydrogens (primary N) is 1. The van der Waals surface area contributed by atoms with Crippen molar-refractivity contribution >= 4 is 18.3 Å². The van der Waals surface area contributed by atoms with E-state index in [2.05, 4.69) is 0 Å². The van der Waals surface area contributed by atoms with Gasteiger partial charge in [-0.15, -0.1) is 12.4 Å². The van der Waals surface area contributed by atoms with E-state index >= 15 is 0 Å². The van der Waals surface area contributed by atoms with Gasteiger partial charge in [0.05, 0.1) is 6.61 Å². The van der Waals surface area contributed by atoms with Gasteiger partial charge < -0.3 is 20.1 Å². The molecule has 2 N–H and O–H groups in total. The smallest absolute Gasteiger partial charge is 0.260 e. The Morgan fingerprint density at radius 1 is 1.30 bits per heavy atom. The number of hydrogen-bond donors (Lipinski definition) is 1. The first-order chi connectivity index (χ1) is 9.10. The molecule has 1 aromatic carbocycles. The molecule has 114 valence electrons. The summed E-state index contributed by atoms with van der Waals surface area (Å²) in [5.74, 6) is 1.11. The van der Waals surface area contributed by atoms with E-state index in [1.807, 2.05) is 32.0 Å². The normalized spacial score (nSPS) is 11.2. The highest BCUT2D eigenvalue weighted by atomic mass is 35.5. The van der Waals surface area contributed by atoms with Crippen molar-refractivity contribution < 1.29 is 14.3 Å². The molecule has 0 bridgehead atoms. The van der Waals surface area contributed by atoms with Crippen molar-refractivity contribution in [2.75, 3.05) is 26.8 Å². The number of para-hydroxylation sites is 2. The summed E-state index contributed by atoms with van der Waals surface area (Å²) >= 11 is 0. The van der Waals surface area contributed by atoms with Gasteiger partial charge in [-0.3, -0.25) is 4.79 Å². The molecule has 0 aliphatic rings. The predicted octanol–water partition coefficient (Wildman–Crippen LogP) is 1.69. The highest BCUT2D eigenvalue weighted by molar-refractivity contribution is 5.85. The Hall–Kier alpha value is -1.46. The van der Waals surface area contributed by atoms with Crippen molar-refractivity contribution in [3.63, 3.8) is 0 Å². The first-order valence-corrected chi connectivity index (χ1v) is 6.40. The molecule has 1 aromatic rings. The van der Waals surface area contributed by atoms with Crippen LogP contribution in [0.3, 0.4) is 0 Å². The molecule has 1 unspecified atom stereocenters. The van der Waals surface area contributed by atoms with Gasteiger partial charge in [-0.25, -0.2) is 0 Å². The highest BCUT2D eigenvalue weighted by Crippen LogP contribution is 2.26. The van der Waals surface area contributed by atoms with E-state index in [4.69, 9.17) is 15.2 Å². The Bertz CT molecular complexity index is 415. The maximum atomic E-state index is 11.9. The van der Waals surface area contributed by atoms with Crippen LogP contribution < -0.4 is 15.2 Å². The van der Waals surface area contributed by atoms with Crippen LogP contribution in [0.5, 0.6) is 11.5 Å². The van der Waals surface area contributed by atoms with Crippen molar-refractivity contribution in [3.8, 4) is 11.5 Å². The van der Waals surface area contributed by atoms with Crippen molar-refractivity contribution in [2.45, 2.75) is 19.9 Å². The summed E-state index contributed by atoms with van der Waals surface area (Å²) in [6.07, 6.45) is 0. The minimum atomic E-state index is -0.107. The number of benzene rings is 1. The van der Waals surface area contributed by atoms with Crippen LogP contribution in [0.1, 0.15) is 13.8 Å². The molecule has 6 heteroatoms. The van der Waals surface area contributed by atoms with Gasteiger partial charge in [-0.05, 0) is 26.0 Å². The van der Waals surface area contributed by atoms with Gasteiger partial charge in [-0.2, -0.15) is 0 Å². The summed E-state index contributed by atoms with van der Waals surface area (Å²) in [5.41, 5.74) is 5.53. The average Bonchev–Trinajstić information content (AvgIpc) is 2.44. The Kier molecular flexibility index (Phi) is 8.76. The van der Waals surface area contributed by atoms with Gasteiger partial charge >= 0.3 is 0 Å². The molecule has 0 aromatic heterocycles. The lowest BCUT2D eigenvalue weighted by Crippen LogP contribution is -2.42. The minimum absolute atomic E-state index is 0. The third kappa shape index (κ3) is 5.27. The number of nitrogens with zero attached hydrogens (tertiary/aromatic N) is 1. The number of rotatable bonds is 7. The lowest BCUT2D eigenvalue weighted by atomic mass is 10.3. The molecular formula is C14H23ClN2O3. The zero-order valence-corrected chi connectivity index (χ0v) is 13.0. The Balaban J connectivity index is 0.00000361. The van der Waals surface area contributed by atoms with E-state index in [1.165, 1.54) is 0 Å². The average molecular weight is 303 g/mol. The first-order valence-electron chi connectivity index (χ1n) is 6.40. The molecule has 0 aliphatic carbocycles.